The molecule has 0 aromatic heterocycles. The molecule has 0 saturated carbocycles. The summed E-state index contributed by atoms with van der Waals surface area (Å²) in [7, 11) is 1.34. The minimum Gasteiger partial charge on any atom is -0.493 e. The van der Waals surface area contributed by atoms with Crippen LogP contribution < -0.4 is 14.4 Å². The number of ketones is 1. The third kappa shape index (κ3) is 4.82. The molecule has 0 atom stereocenters. The lowest BCUT2D eigenvalue weighted by Gasteiger charge is -2.36. The maximum Gasteiger partial charge on any atom is 0.387 e. The third-order valence-electron chi connectivity index (χ3n) is 4.83. The number of amides is 1. The first-order valence-corrected chi connectivity index (χ1v) is 9.17. The summed E-state index contributed by atoms with van der Waals surface area (Å²) >= 11 is 0. The van der Waals surface area contributed by atoms with Crippen LogP contribution in [0.15, 0.2) is 42.5 Å². The van der Waals surface area contributed by atoms with Gasteiger partial charge in [0.1, 0.15) is 0 Å². The number of methoxy groups -OCH3 is 1. The highest BCUT2D eigenvalue weighted by Crippen LogP contribution is 2.30. The number of ether oxygens (including phenoxy) is 2. The highest BCUT2D eigenvalue weighted by atomic mass is 19.3. The zero-order valence-corrected chi connectivity index (χ0v) is 16.2. The van der Waals surface area contributed by atoms with Gasteiger partial charge in [0.05, 0.1) is 7.11 Å². The van der Waals surface area contributed by atoms with Crippen LogP contribution in [0.25, 0.3) is 0 Å². The van der Waals surface area contributed by atoms with Crippen LogP contribution >= 0.6 is 0 Å². The van der Waals surface area contributed by atoms with Crippen molar-refractivity contribution in [1.82, 2.24) is 4.90 Å². The van der Waals surface area contributed by atoms with Crippen LogP contribution in [0.4, 0.5) is 14.5 Å². The van der Waals surface area contributed by atoms with Crippen LogP contribution in [-0.2, 0) is 0 Å². The van der Waals surface area contributed by atoms with E-state index in [-0.39, 0.29) is 28.8 Å². The quantitative estimate of drug-likeness (QED) is 0.690. The lowest BCUT2D eigenvalue weighted by atomic mass is 10.1. The molecule has 2 aromatic carbocycles. The predicted octanol–water partition coefficient (Wildman–Crippen LogP) is 3.46. The molecule has 1 amide bonds. The zero-order chi connectivity index (χ0) is 21.0. The van der Waals surface area contributed by atoms with Gasteiger partial charge in [-0.15, -0.1) is 0 Å². The van der Waals surface area contributed by atoms with Crippen molar-refractivity contribution in [2.45, 2.75) is 13.5 Å². The monoisotopic (exact) mass is 404 g/mol. The van der Waals surface area contributed by atoms with Crippen molar-refractivity contribution in [2.24, 2.45) is 0 Å². The summed E-state index contributed by atoms with van der Waals surface area (Å²) in [5, 5.41) is 0. The smallest absolute Gasteiger partial charge is 0.387 e. The molecule has 2 aromatic rings. The number of piperazine rings is 1. The van der Waals surface area contributed by atoms with Crippen molar-refractivity contribution >= 4 is 17.4 Å². The second-order valence-corrected chi connectivity index (χ2v) is 6.63. The number of carbonyl (C=O) groups excluding carboxylic acids is 2. The first-order valence-electron chi connectivity index (χ1n) is 9.17. The summed E-state index contributed by atoms with van der Waals surface area (Å²) in [4.78, 5) is 28.0. The minimum atomic E-state index is -3.01. The van der Waals surface area contributed by atoms with E-state index in [1.54, 1.807) is 17.0 Å². The Labute approximate surface area is 167 Å². The van der Waals surface area contributed by atoms with E-state index < -0.39 is 6.61 Å². The van der Waals surface area contributed by atoms with E-state index in [1.807, 2.05) is 12.1 Å². The fraction of sp³-hybridized carbons (Fsp3) is 0.333. The first-order chi connectivity index (χ1) is 13.9. The van der Waals surface area contributed by atoms with Crippen LogP contribution in [-0.4, -0.2) is 56.5 Å². The summed E-state index contributed by atoms with van der Waals surface area (Å²) in [5.41, 5.74) is 1.91. The van der Waals surface area contributed by atoms with Crippen LogP contribution in [0.2, 0.25) is 0 Å². The number of rotatable bonds is 6. The van der Waals surface area contributed by atoms with Gasteiger partial charge in [-0.1, -0.05) is 0 Å². The molecule has 0 aliphatic carbocycles. The van der Waals surface area contributed by atoms with Gasteiger partial charge in [0, 0.05) is 43.0 Å². The first kappa shape index (κ1) is 20.6. The Morgan fingerprint density at radius 2 is 1.55 bits per heavy atom. The average molecular weight is 404 g/mol. The molecule has 154 valence electrons. The Balaban J connectivity index is 1.66. The van der Waals surface area contributed by atoms with Crippen LogP contribution in [0.5, 0.6) is 11.5 Å². The molecule has 0 radical (unpaired) electrons. The lowest BCUT2D eigenvalue weighted by molar-refractivity contribution is -0.0512. The van der Waals surface area contributed by atoms with Gasteiger partial charge in [0.25, 0.3) is 5.91 Å². The van der Waals surface area contributed by atoms with Crippen molar-refractivity contribution in [3.05, 3.63) is 53.6 Å². The van der Waals surface area contributed by atoms with Gasteiger partial charge in [-0.25, -0.2) is 0 Å². The molecule has 8 heteroatoms. The Hall–Kier alpha value is -3.16. The number of benzene rings is 2. The predicted molar refractivity (Wildman–Crippen MR) is 104 cm³/mol. The molecule has 1 saturated heterocycles. The van der Waals surface area contributed by atoms with Crippen molar-refractivity contribution in [1.29, 1.82) is 0 Å². The molecule has 0 bridgehead atoms. The Kier molecular flexibility index (Phi) is 6.31. The molecule has 1 heterocycles. The highest BCUT2D eigenvalue weighted by molar-refractivity contribution is 5.95. The number of hydrogen-bond acceptors (Lipinski definition) is 5. The van der Waals surface area contributed by atoms with Crippen molar-refractivity contribution < 1.29 is 27.8 Å². The lowest BCUT2D eigenvalue weighted by Crippen LogP contribution is -2.48. The third-order valence-corrected chi connectivity index (χ3v) is 4.83. The van der Waals surface area contributed by atoms with Gasteiger partial charge in [0.15, 0.2) is 17.3 Å². The largest absolute Gasteiger partial charge is 0.493 e. The molecule has 3 rings (SSSR count). The Morgan fingerprint density at radius 1 is 0.931 bits per heavy atom. The number of alkyl halides is 2. The van der Waals surface area contributed by atoms with E-state index in [1.165, 1.54) is 32.2 Å². The summed E-state index contributed by atoms with van der Waals surface area (Å²) in [6, 6.07) is 11.6. The standard InChI is InChI=1S/C21H22F2N2O4/c1-14(26)15-3-6-17(7-4-15)24-9-11-25(12-10-24)20(27)16-5-8-18(28-2)19(13-16)29-21(22)23/h3-8,13,21H,9-12H2,1-2H3. The Morgan fingerprint density at radius 3 is 2.10 bits per heavy atom. The fourth-order valence-corrected chi connectivity index (χ4v) is 3.26. The van der Waals surface area contributed by atoms with Gasteiger partial charge in [-0.05, 0) is 49.4 Å². The van der Waals surface area contributed by atoms with E-state index in [0.717, 1.165) is 5.69 Å². The summed E-state index contributed by atoms with van der Waals surface area (Å²) in [5.74, 6) is -0.266. The molecular weight excluding hydrogens is 382 g/mol. The van der Waals surface area contributed by atoms with Gasteiger partial charge in [-0.2, -0.15) is 8.78 Å². The minimum absolute atomic E-state index is 0.0154. The van der Waals surface area contributed by atoms with Gasteiger partial charge < -0.3 is 19.3 Å². The maximum atomic E-state index is 12.8. The molecule has 1 aliphatic rings. The number of hydrogen-bond donors (Lipinski definition) is 0. The molecular formula is C21H22F2N2O4. The molecule has 6 nitrogen and oxygen atoms in total. The molecule has 0 unspecified atom stereocenters. The topological polar surface area (TPSA) is 59.1 Å². The highest BCUT2D eigenvalue weighted by Gasteiger charge is 2.24. The molecule has 29 heavy (non-hydrogen) atoms. The normalized spacial score (nSPS) is 14.1. The summed E-state index contributed by atoms with van der Waals surface area (Å²) in [6.07, 6.45) is 0. The number of halogens is 2. The molecule has 1 aliphatic heterocycles. The summed E-state index contributed by atoms with van der Waals surface area (Å²) in [6.45, 7) is 0.751. The van der Waals surface area contributed by atoms with Gasteiger partial charge in [-0.3, -0.25) is 9.59 Å². The van der Waals surface area contributed by atoms with Crippen LogP contribution in [0, 0.1) is 0 Å². The molecule has 0 spiro atoms. The van der Waals surface area contributed by atoms with Crippen molar-refractivity contribution in [2.75, 3.05) is 38.2 Å². The number of nitrogens with zero attached hydrogens (tertiary/aromatic N) is 2. The van der Waals surface area contributed by atoms with Crippen molar-refractivity contribution in [3.8, 4) is 11.5 Å². The van der Waals surface area contributed by atoms with Gasteiger partial charge in [0.2, 0.25) is 0 Å². The van der Waals surface area contributed by atoms with Crippen LogP contribution in [0.3, 0.4) is 0 Å². The van der Waals surface area contributed by atoms with Crippen molar-refractivity contribution in [3.63, 3.8) is 0 Å². The van der Waals surface area contributed by atoms with E-state index in [9.17, 15) is 18.4 Å². The second-order valence-electron chi connectivity index (χ2n) is 6.63. The van der Waals surface area contributed by atoms with Crippen LogP contribution in [0.1, 0.15) is 27.6 Å². The van der Waals surface area contributed by atoms with Gasteiger partial charge >= 0.3 is 6.61 Å². The SMILES string of the molecule is COc1ccc(C(=O)N2CCN(c3ccc(C(C)=O)cc3)CC2)cc1OC(F)F. The number of Topliss-reactive ketones (excluding diaryl/α,β-unsaturated/α-hetero) is 1. The fourth-order valence-electron chi connectivity index (χ4n) is 3.26. The Bertz CT molecular complexity index is 879. The zero-order valence-electron chi connectivity index (χ0n) is 16.2. The summed E-state index contributed by atoms with van der Waals surface area (Å²) < 4.78 is 34.7. The molecule has 0 N–H and O–H groups in total. The van der Waals surface area contributed by atoms with E-state index in [2.05, 4.69) is 9.64 Å². The molecule has 1 fully saturated rings. The number of anilines is 1. The van der Waals surface area contributed by atoms with E-state index >= 15 is 0 Å². The maximum absolute atomic E-state index is 12.8. The second kappa shape index (κ2) is 8.89. The van der Waals surface area contributed by atoms with E-state index in [4.69, 9.17) is 4.74 Å². The number of carbonyl (C=O) groups is 2. The average Bonchev–Trinajstić information content (AvgIpc) is 2.73. The van der Waals surface area contributed by atoms with E-state index in [0.29, 0.717) is 31.7 Å².